The van der Waals surface area contributed by atoms with Crippen LogP contribution in [0.2, 0.25) is 0 Å². The molecule has 0 atom stereocenters. The molecule has 0 bridgehead atoms. The summed E-state index contributed by atoms with van der Waals surface area (Å²) in [5, 5.41) is 7.52. The van der Waals surface area contributed by atoms with Crippen LogP contribution in [0.25, 0.3) is 28.7 Å². The molecule has 3 heterocycles. The average Bonchev–Trinajstić information content (AvgIpc) is 3.55. The van der Waals surface area contributed by atoms with E-state index in [9.17, 15) is 9.59 Å². The molecule has 0 unspecified atom stereocenters. The molecule has 2 N–H and O–H groups in total. The number of furan rings is 1. The predicted octanol–water partition coefficient (Wildman–Crippen LogP) is 4.01. The number of aromatic amines is 1. The minimum atomic E-state index is -0.313. The molecule has 1 aliphatic carbocycles. The molecule has 1 saturated carbocycles. The SMILES string of the molecule is O=C(Nc1cc(-c2ccco2)nn1-c1nc(-c2ccccc2)cc(=O)[nH]1)C1CCCC1. The number of carbonyl (C=O) groups is 1. The Morgan fingerprint density at radius 3 is 2.61 bits per heavy atom. The van der Waals surface area contributed by atoms with E-state index in [-0.39, 0.29) is 23.3 Å². The lowest BCUT2D eigenvalue weighted by Crippen LogP contribution is -2.23. The van der Waals surface area contributed by atoms with E-state index in [1.807, 2.05) is 30.3 Å². The van der Waals surface area contributed by atoms with Gasteiger partial charge in [0.05, 0.1) is 12.0 Å². The van der Waals surface area contributed by atoms with Crippen molar-refractivity contribution in [1.29, 1.82) is 0 Å². The van der Waals surface area contributed by atoms with Gasteiger partial charge in [-0.1, -0.05) is 43.2 Å². The number of benzene rings is 1. The van der Waals surface area contributed by atoms with Crippen molar-refractivity contribution in [2.45, 2.75) is 25.7 Å². The summed E-state index contributed by atoms with van der Waals surface area (Å²) >= 11 is 0. The van der Waals surface area contributed by atoms with Crippen molar-refractivity contribution in [3.63, 3.8) is 0 Å². The first-order chi connectivity index (χ1) is 15.2. The molecule has 3 aromatic heterocycles. The van der Waals surface area contributed by atoms with Gasteiger partial charge in [0.15, 0.2) is 5.76 Å². The van der Waals surface area contributed by atoms with Gasteiger partial charge >= 0.3 is 0 Å². The van der Waals surface area contributed by atoms with Crippen molar-refractivity contribution in [2.24, 2.45) is 5.92 Å². The van der Waals surface area contributed by atoms with Crippen molar-refractivity contribution >= 4 is 11.7 Å². The Balaban J connectivity index is 1.58. The first kappa shape index (κ1) is 19.0. The molecule has 0 spiro atoms. The summed E-state index contributed by atoms with van der Waals surface area (Å²) in [6.45, 7) is 0. The topological polar surface area (TPSA) is 106 Å². The highest BCUT2D eigenvalue weighted by molar-refractivity contribution is 5.92. The van der Waals surface area contributed by atoms with Gasteiger partial charge in [0, 0.05) is 23.6 Å². The summed E-state index contributed by atoms with van der Waals surface area (Å²) in [5.41, 5.74) is 1.54. The summed E-state index contributed by atoms with van der Waals surface area (Å²) in [6, 6.07) is 16.1. The number of hydrogen-bond donors (Lipinski definition) is 2. The third-order valence-electron chi connectivity index (χ3n) is 5.46. The monoisotopic (exact) mass is 415 g/mol. The number of aromatic nitrogens is 4. The van der Waals surface area contributed by atoms with Crippen LogP contribution < -0.4 is 10.9 Å². The van der Waals surface area contributed by atoms with Crippen molar-refractivity contribution in [2.75, 3.05) is 5.32 Å². The van der Waals surface area contributed by atoms with Crippen LogP contribution in [0, 0.1) is 5.92 Å². The van der Waals surface area contributed by atoms with Gasteiger partial charge in [0.2, 0.25) is 11.9 Å². The van der Waals surface area contributed by atoms with Crippen LogP contribution in [-0.2, 0) is 4.79 Å². The van der Waals surface area contributed by atoms with Gasteiger partial charge in [-0.15, -0.1) is 0 Å². The van der Waals surface area contributed by atoms with E-state index in [2.05, 4.69) is 20.4 Å². The first-order valence-electron chi connectivity index (χ1n) is 10.3. The van der Waals surface area contributed by atoms with Gasteiger partial charge in [-0.3, -0.25) is 14.6 Å². The second-order valence-corrected chi connectivity index (χ2v) is 7.59. The summed E-state index contributed by atoms with van der Waals surface area (Å²) in [4.78, 5) is 32.5. The molecule has 8 heteroatoms. The van der Waals surface area contributed by atoms with E-state index in [1.54, 1.807) is 24.5 Å². The molecule has 1 amide bonds. The third kappa shape index (κ3) is 3.92. The zero-order chi connectivity index (χ0) is 21.2. The maximum absolute atomic E-state index is 12.8. The minimum Gasteiger partial charge on any atom is -0.463 e. The Bertz CT molecular complexity index is 1250. The van der Waals surface area contributed by atoms with Crippen molar-refractivity contribution in [3.05, 3.63) is 71.2 Å². The standard InChI is InChI=1S/C23H21N5O3/c29-21-14-17(15-7-2-1-3-8-15)24-23(26-21)28-20(25-22(30)16-9-4-5-10-16)13-18(27-28)19-11-6-12-31-19/h1-3,6-8,11-14,16H,4-5,9-10H2,(H,25,30)(H,24,26,29). The fourth-order valence-electron chi connectivity index (χ4n) is 3.89. The molecule has 0 aliphatic heterocycles. The molecule has 1 aliphatic rings. The maximum atomic E-state index is 12.8. The van der Waals surface area contributed by atoms with Crippen molar-refractivity contribution in [1.82, 2.24) is 19.7 Å². The lowest BCUT2D eigenvalue weighted by atomic mass is 10.1. The molecule has 4 aromatic rings. The minimum absolute atomic E-state index is 0.0157. The molecule has 156 valence electrons. The van der Waals surface area contributed by atoms with Gasteiger partial charge in [0.25, 0.3) is 5.56 Å². The van der Waals surface area contributed by atoms with Crippen LogP contribution >= 0.6 is 0 Å². The molecule has 0 radical (unpaired) electrons. The van der Waals surface area contributed by atoms with Gasteiger partial charge in [0.1, 0.15) is 11.5 Å². The van der Waals surface area contributed by atoms with Crippen LogP contribution in [0.3, 0.4) is 0 Å². The van der Waals surface area contributed by atoms with Crippen LogP contribution in [0.15, 0.2) is 70.1 Å². The van der Waals surface area contributed by atoms with Gasteiger partial charge in [-0.05, 0) is 25.0 Å². The molecular formula is C23H21N5O3. The third-order valence-corrected chi connectivity index (χ3v) is 5.46. The van der Waals surface area contributed by atoms with E-state index in [4.69, 9.17) is 4.42 Å². The van der Waals surface area contributed by atoms with E-state index in [0.29, 0.717) is 23.0 Å². The number of rotatable bonds is 5. The zero-order valence-corrected chi connectivity index (χ0v) is 16.7. The highest BCUT2D eigenvalue weighted by Crippen LogP contribution is 2.28. The number of nitrogens with one attached hydrogen (secondary N) is 2. The Morgan fingerprint density at radius 2 is 1.87 bits per heavy atom. The Morgan fingerprint density at radius 1 is 1.06 bits per heavy atom. The van der Waals surface area contributed by atoms with Crippen LogP contribution in [0.5, 0.6) is 0 Å². The lowest BCUT2D eigenvalue weighted by molar-refractivity contribution is -0.119. The van der Waals surface area contributed by atoms with Crippen LogP contribution in [-0.4, -0.2) is 25.7 Å². The summed E-state index contributed by atoms with van der Waals surface area (Å²) < 4.78 is 6.91. The largest absolute Gasteiger partial charge is 0.463 e. The molecule has 1 aromatic carbocycles. The number of anilines is 1. The van der Waals surface area contributed by atoms with E-state index in [1.165, 1.54) is 10.7 Å². The molecule has 8 nitrogen and oxygen atoms in total. The maximum Gasteiger partial charge on any atom is 0.252 e. The fraction of sp³-hybridized carbons (Fsp3) is 0.217. The quantitative estimate of drug-likeness (QED) is 0.512. The summed E-state index contributed by atoms with van der Waals surface area (Å²) in [5.74, 6) is 1.13. The van der Waals surface area contributed by atoms with Crippen LogP contribution in [0.1, 0.15) is 25.7 Å². The predicted molar refractivity (Wildman–Crippen MR) is 116 cm³/mol. The highest BCUT2D eigenvalue weighted by atomic mass is 16.3. The number of hydrogen-bond acceptors (Lipinski definition) is 5. The summed E-state index contributed by atoms with van der Waals surface area (Å²) in [7, 11) is 0. The van der Waals surface area contributed by atoms with E-state index < -0.39 is 0 Å². The number of H-pyrrole nitrogens is 1. The van der Waals surface area contributed by atoms with Gasteiger partial charge in [-0.25, -0.2) is 4.98 Å². The summed E-state index contributed by atoms with van der Waals surface area (Å²) in [6.07, 6.45) is 5.43. The van der Waals surface area contributed by atoms with E-state index >= 15 is 0 Å². The molecule has 31 heavy (non-hydrogen) atoms. The van der Waals surface area contributed by atoms with Crippen molar-refractivity contribution in [3.8, 4) is 28.7 Å². The van der Waals surface area contributed by atoms with Crippen molar-refractivity contribution < 1.29 is 9.21 Å². The average molecular weight is 415 g/mol. The normalized spacial score (nSPS) is 14.1. The second kappa shape index (κ2) is 8.06. The lowest BCUT2D eigenvalue weighted by Gasteiger charge is -2.12. The molecule has 5 rings (SSSR count). The Labute approximate surface area is 178 Å². The Hall–Kier alpha value is -3.94. The number of carbonyl (C=O) groups excluding carboxylic acids is 1. The molecule has 0 saturated heterocycles. The molecule has 1 fully saturated rings. The zero-order valence-electron chi connectivity index (χ0n) is 16.7. The highest BCUT2D eigenvalue weighted by Gasteiger charge is 2.25. The second-order valence-electron chi connectivity index (χ2n) is 7.59. The Kier molecular flexibility index (Phi) is 4.95. The number of amides is 1. The van der Waals surface area contributed by atoms with Gasteiger partial charge < -0.3 is 9.73 Å². The first-order valence-corrected chi connectivity index (χ1v) is 10.3. The van der Waals surface area contributed by atoms with Gasteiger partial charge in [-0.2, -0.15) is 9.78 Å². The smallest absolute Gasteiger partial charge is 0.252 e. The fourth-order valence-corrected chi connectivity index (χ4v) is 3.89. The number of nitrogens with zero attached hydrogens (tertiary/aromatic N) is 3. The van der Waals surface area contributed by atoms with E-state index in [0.717, 1.165) is 31.2 Å². The molecular weight excluding hydrogens is 394 g/mol. The van der Waals surface area contributed by atoms with Crippen LogP contribution in [0.4, 0.5) is 5.82 Å².